The van der Waals surface area contributed by atoms with E-state index in [2.05, 4.69) is 4.98 Å². The summed E-state index contributed by atoms with van der Waals surface area (Å²) >= 11 is 1.06. The molecule has 5 rings (SSSR count). The Labute approximate surface area is 242 Å². The number of amides is 1. The molecule has 0 unspecified atom stereocenters. The zero-order valence-electron chi connectivity index (χ0n) is 23.3. The molecule has 41 heavy (non-hydrogen) atoms. The molecule has 1 fully saturated rings. The zero-order chi connectivity index (χ0) is 29.5. The third-order valence-corrected chi connectivity index (χ3v) is 11.0. The van der Waals surface area contributed by atoms with E-state index in [1.807, 2.05) is 18.2 Å². The van der Waals surface area contributed by atoms with Gasteiger partial charge in [-0.05, 0) is 45.2 Å². The number of carboxylic acids is 1. The van der Waals surface area contributed by atoms with Crippen LogP contribution >= 0.6 is 11.3 Å². The molecule has 2 aromatic heterocycles. The molecule has 1 N–H and O–H groups in total. The number of carbonyl (C=O) groups is 2. The quantitative estimate of drug-likeness (QED) is 0.350. The highest BCUT2D eigenvalue weighted by Crippen LogP contribution is 2.48. The number of aliphatic carboxylic acids is 1. The molecule has 1 aliphatic carbocycles. The number of carboxylic acid groups (broad SMARTS) is 1. The van der Waals surface area contributed by atoms with Gasteiger partial charge in [-0.25, -0.2) is 18.4 Å². The fraction of sp³-hybridized carbons (Fsp3) is 0.464. The summed E-state index contributed by atoms with van der Waals surface area (Å²) in [4.78, 5) is 30.8. The maximum absolute atomic E-state index is 14.3. The monoisotopic (exact) mass is 603 g/mol. The highest BCUT2D eigenvalue weighted by molar-refractivity contribution is 7.91. The number of hydrogen-bond donors (Lipinski definition) is 1. The molecule has 2 aliphatic rings. The summed E-state index contributed by atoms with van der Waals surface area (Å²) in [6.45, 7) is 3.85. The van der Waals surface area contributed by atoms with E-state index in [9.17, 15) is 23.1 Å². The van der Waals surface area contributed by atoms with Crippen molar-refractivity contribution in [3.05, 3.63) is 53.4 Å². The minimum Gasteiger partial charge on any atom is -0.496 e. The van der Waals surface area contributed by atoms with E-state index in [0.29, 0.717) is 26.1 Å². The molecule has 1 aromatic carbocycles. The van der Waals surface area contributed by atoms with Gasteiger partial charge in [0.25, 0.3) is 5.91 Å². The molecule has 0 bridgehead atoms. The highest BCUT2D eigenvalue weighted by Gasteiger charge is 2.54. The minimum absolute atomic E-state index is 0.0868. The third-order valence-electron chi connectivity index (χ3n) is 7.65. The molecule has 1 amide bonds. The first-order valence-electron chi connectivity index (χ1n) is 13.4. The largest absolute Gasteiger partial charge is 0.496 e. The predicted molar refractivity (Wildman–Crippen MR) is 152 cm³/mol. The van der Waals surface area contributed by atoms with Gasteiger partial charge in [0.05, 0.1) is 36.4 Å². The Bertz CT molecular complexity index is 1540. The van der Waals surface area contributed by atoms with Crippen LogP contribution in [0.3, 0.4) is 0 Å². The number of fused-ring (bicyclic) bond motifs is 1. The van der Waals surface area contributed by atoms with Crippen LogP contribution in [0.15, 0.2) is 41.1 Å². The fourth-order valence-corrected chi connectivity index (χ4v) is 8.74. The molecule has 1 atom stereocenters. The molecule has 0 saturated heterocycles. The van der Waals surface area contributed by atoms with Gasteiger partial charge >= 0.3 is 16.2 Å². The Morgan fingerprint density at radius 2 is 1.95 bits per heavy atom. The van der Waals surface area contributed by atoms with Crippen molar-refractivity contribution < 1.29 is 37.0 Å². The molecule has 11 nitrogen and oxygen atoms in total. The standard InChI is InChI=1S/C28H33N3O8S2/c1-17-22-25(32)31(28(2,3)27(33)34)41(35,36)30(26(22)40-23(17)24-29-14-15-38-24)16-21(39-18-10-6-5-7-11-18)19-12-8-9-13-20(19)37-4/h8-9,12-15,18,21H,5-7,10-11,16H2,1-4H3,(H,33,34)/t21-/m0/s1. The molecular formula is C28H33N3O8S2. The smallest absolute Gasteiger partial charge is 0.330 e. The topological polar surface area (TPSA) is 139 Å². The Hall–Kier alpha value is -3.42. The minimum atomic E-state index is -4.69. The van der Waals surface area contributed by atoms with Crippen LogP contribution in [0.2, 0.25) is 0 Å². The summed E-state index contributed by atoms with van der Waals surface area (Å²) in [6.07, 6.45) is 6.79. The van der Waals surface area contributed by atoms with Crippen molar-refractivity contribution in [3.63, 3.8) is 0 Å². The SMILES string of the molecule is COc1ccccc1[C@H](CN1c2sc(-c3ncco3)c(C)c2C(=O)N(C(C)(C)C(=O)O)S1(=O)=O)OC1CCCCC1. The lowest BCUT2D eigenvalue weighted by molar-refractivity contribution is -0.145. The number of para-hydroxylation sites is 1. The van der Waals surface area contributed by atoms with Crippen molar-refractivity contribution in [2.75, 3.05) is 18.0 Å². The molecule has 3 heterocycles. The lowest BCUT2D eigenvalue weighted by Crippen LogP contribution is -2.62. The normalized spacial score (nSPS) is 18.3. The summed E-state index contributed by atoms with van der Waals surface area (Å²) in [6, 6.07) is 7.25. The van der Waals surface area contributed by atoms with E-state index in [0.717, 1.165) is 47.7 Å². The fourth-order valence-electron chi connectivity index (χ4n) is 5.41. The molecular weight excluding hydrogens is 570 g/mol. The summed E-state index contributed by atoms with van der Waals surface area (Å²) in [5.41, 5.74) is -0.887. The first-order valence-corrected chi connectivity index (χ1v) is 15.6. The number of oxazole rings is 1. The van der Waals surface area contributed by atoms with Crippen molar-refractivity contribution in [3.8, 4) is 16.5 Å². The number of carbonyl (C=O) groups excluding carboxylic acids is 1. The van der Waals surface area contributed by atoms with Gasteiger partial charge in [0.2, 0.25) is 5.89 Å². The van der Waals surface area contributed by atoms with Crippen LogP contribution in [0.1, 0.15) is 73.5 Å². The number of rotatable bonds is 9. The van der Waals surface area contributed by atoms with Crippen LogP contribution in [0.5, 0.6) is 5.75 Å². The molecule has 0 spiro atoms. The predicted octanol–water partition coefficient (Wildman–Crippen LogP) is 5.18. The van der Waals surface area contributed by atoms with Crippen LogP contribution in [0, 0.1) is 6.92 Å². The molecule has 1 aliphatic heterocycles. The highest BCUT2D eigenvalue weighted by atomic mass is 32.2. The van der Waals surface area contributed by atoms with Crippen molar-refractivity contribution in [2.24, 2.45) is 0 Å². The summed E-state index contributed by atoms with van der Waals surface area (Å²) in [5.74, 6) is -1.61. The van der Waals surface area contributed by atoms with Crippen molar-refractivity contribution in [1.29, 1.82) is 0 Å². The number of benzene rings is 1. The van der Waals surface area contributed by atoms with Crippen LogP contribution in [-0.2, 0) is 19.7 Å². The van der Waals surface area contributed by atoms with Gasteiger partial charge in [0, 0.05) is 5.56 Å². The third kappa shape index (κ3) is 5.10. The van der Waals surface area contributed by atoms with Crippen molar-refractivity contribution >= 4 is 38.4 Å². The van der Waals surface area contributed by atoms with Gasteiger partial charge in [0.15, 0.2) is 5.54 Å². The average Bonchev–Trinajstić information content (AvgIpc) is 3.58. The summed E-state index contributed by atoms with van der Waals surface area (Å²) < 4.78 is 47.9. The maximum Gasteiger partial charge on any atom is 0.330 e. The Morgan fingerprint density at radius 1 is 1.24 bits per heavy atom. The van der Waals surface area contributed by atoms with E-state index in [-0.39, 0.29) is 29.1 Å². The van der Waals surface area contributed by atoms with Gasteiger partial charge in [0.1, 0.15) is 23.1 Å². The Morgan fingerprint density at radius 3 is 2.59 bits per heavy atom. The molecule has 3 aromatic rings. The number of nitrogens with zero attached hydrogens (tertiary/aromatic N) is 3. The molecule has 220 valence electrons. The van der Waals surface area contributed by atoms with E-state index >= 15 is 0 Å². The second-order valence-corrected chi connectivity index (χ2v) is 13.4. The number of ether oxygens (including phenoxy) is 2. The van der Waals surface area contributed by atoms with Crippen molar-refractivity contribution in [2.45, 2.75) is 70.6 Å². The van der Waals surface area contributed by atoms with Gasteiger partial charge in [-0.2, -0.15) is 8.42 Å². The van der Waals surface area contributed by atoms with Crippen LogP contribution in [-0.4, -0.2) is 60.0 Å². The molecule has 0 radical (unpaired) electrons. The summed E-state index contributed by atoms with van der Waals surface area (Å²) in [5, 5.41) is 10.2. The number of aromatic nitrogens is 1. The Balaban J connectivity index is 1.68. The lowest BCUT2D eigenvalue weighted by Gasteiger charge is -2.42. The van der Waals surface area contributed by atoms with E-state index in [4.69, 9.17) is 13.9 Å². The van der Waals surface area contributed by atoms with Crippen LogP contribution in [0.25, 0.3) is 10.8 Å². The van der Waals surface area contributed by atoms with Crippen molar-refractivity contribution in [1.82, 2.24) is 9.29 Å². The van der Waals surface area contributed by atoms with Gasteiger partial charge < -0.3 is 19.0 Å². The first-order chi connectivity index (χ1) is 19.5. The van der Waals surface area contributed by atoms with Crippen LogP contribution in [0.4, 0.5) is 5.00 Å². The second-order valence-electron chi connectivity index (χ2n) is 10.7. The summed E-state index contributed by atoms with van der Waals surface area (Å²) in [7, 11) is -3.16. The molecule has 13 heteroatoms. The second kappa shape index (κ2) is 11.1. The van der Waals surface area contributed by atoms with Gasteiger partial charge in [-0.1, -0.05) is 37.5 Å². The van der Waals surface area contributed by atoms with E-state index < -0.39 is 33.7 Å². The van der Waals surface area contributed by atoms with Gasteiger partial charge in [-0.3, -0.25) is 4.79 Å². The number of methoxy groups -OCH3 is 1. The number of anilines is 1. The van der Waals surface area contributed by atoms with E-state index in [1.54, 1.807) is 13.0 Å². The van der Waals surface area contributed by atoms with Gasteiger partial charge in [-0.15, -0.1) is 11.3 Å². The van der Waals surface area contributed by atoms with E-state index in [1.165, 1.54) is 33.4 Å². The number of hydrogen-bond acceptors (Lipinski definition) is 9. The maximum atomic E-state index is 14.3. The van der Waals surface area contributed by atoms with Crippen LogP contribution < -0.4 is 9.04 Å². The lowest BCUT2D eigenvalue weighted by atomic mass is 9.97. The first kappa shape index (κ1) is 29.1. The zero-order valence-corrected chi connectivity index (χ0v) is 25.0. The Kier molecular flexibility index (Phi) is 7.88. The average molecular weight is 604 g/mol. The number of thiophene rings is 1. The molecule has 1 saturated carbocycles.